The van der Waals surface area contributed by atoms with Gasteiger partial charge in [-0.1, -0.05) is 24.3 Å². The highest BCUT2D eigenvalue weighted by Gasteiger charge is 2.22. The Morgan fingerprint density at radius 3 is 2.92 bits per heavy atom. The standard InChI is InChI=1S/C12H17N/c1-9(13)11-8-4-6-10-5-2-3-7-12(10)11/h2-3,5,7,9,11H,4,6,8,13H2,1H3/t9-,11+/m1/s1. The van der Waals surface area contributed by atoms with E-state index in [1.54, 1.807) is 0 Å². The van der Waals surface area contributed by atoms with E-state index in [4.69, 9.17) is 5.73 Å². The van der Waals surface area contributed by atoms with Crippen molar-refractivity contribution in [3.05, 3.63) is 35.4 Å². The highest BCUT2D eigenvalue weighted by molar-refractivity contribution is 5.33. The molecule has 1 heteroatoms. The predicted molar refractivity (Wildman–Crippen MR) is 55.8 cm³/mol. The van der Waals surface area contributed by atoms with Crippen molar-refractivity contribution in [2.75, 3.05) is 0 Å². The van der Waals surface area contributed by atoms with Gasteiger partial charge in [-0.05, 0) is 43.2 Å². The molecule has 0 spiro atoms. The smallest absolute Gasteiger partial charge is 0.00794 e. The molecule has 1 aromatic rings. The molecule has 0 heterocycles. The van der Waals surface area contributed by atoms with E-state index in [2.05, 4.69) is 31.2 Å². The Balaban J connectivity index is 2.37. The van der Waals surface area contributed by atoms with Gasteiger partial charge in [0.2, 0.25) is 0 Å². The fourth-order valence-corrected chi connectivity index (χ4v) is 2.34. The summed E-state index contributed by atoms with van der Waals surface area (Å²) in [6, 6.07) is 9.02. The maximum absolute atomic E-state index is 5.98. The first-order valence-corrected chi connectivity index (χ1v) is 5.12. The molecule has 0 bridgehead atoms. The normalized spacial score (nSPS) is 23.7. The lowest BCUT2D eigenvalue weighted by molar-refractivity contribution is 0.485. The quantitative estimate of drug-likeness (QED) is 0.697. The molecule has 1 nitrogen and oxygen atoms in total. The van der Waals surface area contributed by atoms with E-state index in [-0.39, 0.29) is 0 Å². The van der Waals surface area contributed by atoms with Crippen LogP contribution in [0.25, 0.3) is 0 Å². The van der Waals surface area contributed by atoms with Crippen LogP contribution in [0.3, 0.4) is 0 Å². The lowest BCUT2D eigenvalue weighted by atomic mass is 9.79. The van der Waals surface area contributed by atoms with Crippen molar-refractivity contribution in [2.24, 2.45) is 5.73 Å². The lowest BCUT2D eigenvalue weighted by Gasteiger charge is -2.28. The van der Waals surface area contributed by atoms with Crippen LogP contribution in [0.2, 0.25) is 0 Å². The van der Waals surface area contributed by atoms with Gasteiger partial charge < -0.3 is 5.73 Å². The van der Waals surface area contributed by atoms with E-state index in [0.29, 0.717) is 12.0 Å². The highest BCUT2D eigenvalue weighted by atomic mass is 14.6. The zero-order valence-electron chi connectivity index (χ0n) is 8.16. The molecule has 1 aromatic carbocycles. The molecular weight excluding hydrogens is 158 g/mol. The fourth-order valence-electron chi connectivity index (χ4n) is 2.34. The van der Waals surface area contributed by atoms with Crippen molar-refractivity contribution in [3.63, 3.8) is 0 Å². The van der Waals surface area contributed by atoms with Gasteiger partial charge in [0, 0.05) is 6.04 Å². The van der Waals surface area contributed by atoms with E-state index in [0.717, 1.165) is 0 Å². The van der Waals surface area contributed by atoms with Gasteiger partial charge in [0.1, 0.15) is 0 Å². The van der Waals surface area contributed by atoms with E-state index >= 15 is 0 Å². The summed E-state index contributed by atoms with van der Waals surface area (Å²) in [7, 11) is 0. The average molecular weight is 175 g/mol. The fraction of sp³-hybridized carbons (Fsp3) is 0.500. The third-order valence-corrected chi connectivity index (χ3v) is 3.05. The number of benzene rings is 1. The molecule has 0 unspecified atom stereocenters. The highest BCUT2D eigenvalue weighted by Crippen LogP contribution is 2.32. The topological polar surface area (TPSA) is 26.0 Å². The zero-order chi connectivity index (χ0) is 9.26. The second-order valence-corrected chi connectivity index (χ2v) is 4.06. The molecule has 13 heavy (non-hydrogen) atoms. The Hall–Kier alpha value is -0.820. The first-order valence-electron chi connectivity index (χ1n) is 5.12. The Bertz CT molecular complexity index is 291. The van der Waals surface area contributed by atoms with Crippen LogP contribution in [0.15, 0.2) is 24.3 Å². The number of fused-ring (bicyclic) bond motifs is 1. The molecule has 1 aliphatic rings. The number of hydrogen-bond donors (Lipinski definition) is 1. The van der Waals surface area contributed by atoms with Crippen LogP contribution in [0.5, 0.6) is 0 Å². The average Bonchev–Trinajstić information content (AvgIpc) is 2.17. The predicted octanol–water partition coefficient (Wildman–Crippen LogP) is 2.45. The minimum Gasteiger partial charge on any atom is -0.327 e. The van der Waals surface area contributed by atoms with Crippen molar-refractivity contribution < 1.29 is 0 Å². The molecule has 0 aromatic heterocycles. The van der Waals surface area contributed by atoms with Gasteiger partial charge in [0.15, 0.2) is 0 Å². The molecule has 2 rings (SSSR count). The van der Waals surface area contributed by atoms with Crippen molar-refractivity contribution in [3.8, 4) is 0 Å². The summed E-state index contributed by atoms with van der Waals surface area (Å²) in [6.07, 6.45) is 3.79. The molecule has 2 N–H and O–H groups in total. The van der Waals surface area contributed by atoms with Gasteiger partial charge in [-0.2, -0.15) is 0 Å². The van der Waals surface area contributed by atoms with E-state index in [1.807, 2.05) is 0 Å². The summed E-state index contributed by atoms with van der Waals surface area (Å²) in [6.45, 7) is 2.12. The van der Waals surface area contributed by atoms with Crippen molar-refractivity contribution in [1.82, 2.24) is 0 Å². The second-order valence-electron chi connectivity index (χ2n) is 4.06. The number of aryl methyl sites for hydroxylation is 1. The van der Waals surface area contributed by atoms with Crippen LogP contribution in [0.1, 0.15) is 36.8 Å². The van der Waals surface area contributed by atoms with Crippen molar-refractivity contribution in [2.45, 2.75) is 38.1 Å². The van der Waals surface area contributed by atoms with E-state index < -0.39 is 0 Å². The monoisotopic (exact) mass is 175 g/mol. The maximum atomic E-state index is 5.98. The molecule has 0 radical (unpaired) electrons. The summed E-state index contributed by atoms with van der Waals surface area (Å²) in [4.78, 5) is 0. The first-order chi connectivity index (χ1) is 6.29. The molecule has 0 fully saturated rings. The van der Waals surface area contributed by atoms with Crippen LogP contribution in [-0.4, -0.2) is 6.04 Å². The largest absolute Gasteiger partial charge is 0.327 e. The molecular formula is C12H17N. The molecule has 0 saturated heterocycles. The third kappa shape index (κ3) is 1.61. The summed E-state index contributed by atoms with van der Waals surface area (Å²) in [5, 5.41) is 0. The van der Waals surface area contributed by atoms with Gasteiger partial charge in [-0.15, -0.1) is 0 Å². The van der Waals surface area contributed by atoms with Crippen LogP contribution < -0.4 is 5.73 Å². The third-order valence-electron chi connectivity index (χ3n) is 3.05. The summed E-state index contributed by atoms with van der Waals surface area (Å²) >= 11 is 0. The molecule has 2 atom stereocenters. The number of nitrogens with two attached hydrogens (primary N) is 1. The minimum atomic E-state index is 0.293. The second kappa shape index (κ2) is 3.51. The molecule has 1 aliphatic carbocycles. The zero-order valence-corrected chi connectivity index (χ0v) is 8.16. The van der Waals surface area contributed by atoms with Crippen molar-refractivity contribution >= 4 is 0 Å². The summed E-state index contributed by atoms with van der Waals surface area (Å²) in [5.74, 6) is 0.588. The van der Waals surface area contributed by atoms with Crippen molar-refractivity contribution in [1.29, 1.82) is 0 Å². The van der Waals surface area contributed by atoms with Gasteiger partial charge in [0.05, 0.1) is 0 Å². The van der Waals surface area contributed by atoms with Crippen LogP contribution in [0, 0.1) is 0 Å². The first kappa shape index (κ1) is 8.76. The Morgan fingerprint density at radius 1 is 1.38 bits per heavy atom. The van der Waals surface area contributed by atoms with Crippen LogP contribution >= 0.6 is 0 Å². The molecule has 70 valence electrons. The van der Waals surface area contributed by atoms with Gasteiger partial charge >= 0.3 is 0 Å². The van der Waals surface area contributed by atoms with Gasteiger partial charge in [-0.3, -0.25) is 0 Å². The van der Waals surface area contributed by atoms with Crippen LogP contribution in [0.4, 0.5) is 0 Å². The SMILES string of the molecule is C[C@@H](N)[C@@H]1CCCc2ccccc21. The van der Waals surface area contributed by atoms with Gasteiger partial charge in [-0.25, -0.2) is 0 Å². The molecule has 0 aliphatic heterocycles. The molecule has 0 saturated carbocycles. The Labute approximate surface area is 80.0 Å². The summed E-state index contributed by atoms with van der Waals surface area (Å²) in [5.41, 5.74) is 8.98. The van der Waals surface area contributed by atoms with Gasteiger partial charge in [0.25, 0.3) is 0 Å². The molecule has 0 amide bonds. The summed E-state index contributed by atoms with van der Waals surface area (Å²) < 4.78 is 0. The maximum Gasteiger partial charge on any atom is 0.00794 e. The van der Waals surface area contributed by atoms with Crippen LogP contribution in [-0.2, 0) is 6.42 Å². The Kier molecular flexibility index (Phi) is 2.36. The van der Waals surface area contributed by atoms with E-state index in [1.165, 1.54) is 30.4 Å². The van der Waals surface area contributed by atoms with E-state index in [9.17, 15) is 0 Å². The Morgan fingerprint density at radius 2 is 2.15 bits per heavy atom. The number of hydrogen-bond acceptors (Lipinski definition) is 1. The number of rotatable bonds is 1. The lowest BCUT2D eigenvalue weighted by Crippen LogP contribution is -2.27. The minimum absolute atomic E-state index is 0.293.